The van der Waals surface area contributed by atoms with E-state index in [0.717, 1.165) is 86.8 Å². The molecule has 4 aliphatic carbocycles. The molecule has 1 aromatic carbocycles. The molecule has 6 nitrogen and oxygen atoms in total. The normalized spacial score (nSPS) is 32.2. The van der Waals surface area contributed by atoms with Gasteiger partial charge in [-0.1, -0.05) is 31.4 Å². The van der Waals surface area contributed by atoms with Crippen LogP contribution in [0.15, 0.2) is 32.1 Å². The Bertz CT molecular complexity index is 1130. The molecular weight excluding hydrogens is 448 g/mol. The van der Waals surface area contributed by atoms with Crippen LogP contribution in [-0.2, 0) is 6.42 Å². The zero-order chi connectivity index (χ0) is 25.1. The van der Waals surface area contributed by atoms with Gasteiger partial charge in [-0.15, -0.1) is 0 Å². The third-order valence-corrected chi connectivity index (χ3v) is 9.75. The molecule has 0 aromatic heterocycles. The predicted octanol–water partition coefficient (Wildman–Crippen LogP) is 9.01. The van der Waals surface area contributed by atoms with Crippen LogP contribution in [0.25, 0.3) is 0 Å². The summed E-state index contributed by atoms with van der Waals surface area (Å²) in [4.78, 5) is 0. The smallest absolute Gasteiger partial charge is 0.155 e. The number of hydrogen-bond acceptors (Lipinski definition) is 6. The quantitative estimate of drug-likeness (QED) is 0.224. The summed E-state index contributed by atoms with van der Waals surface area (Å²) < 4.78 is 6.79. The lowest BCUT2D eigenvalue weighted by atomic mass is 9.67. The maximum Gasteiger partial charge on any atom is 0.155 e. The van der Waals surface area contributed by atoms with Crippen LogP contribution < -0.4 is 4.74 Å². The van der Waals surface area contributed by atoms with Gasteiger partial charge in [0.15, 0.2) is 11.5 Å². The average molecular weight is 491 g/mol. The van der Waals surface area contributed by atoms with Crippen LogP contribution in [0.5, 0.6) is 11.5 Å². The number of fused-ring (bicyclic) bond motifs is 4. The summed E-state index contributed by atoms with van der Waals surface area (Å²) in [6, 6.07) is 0.297. The van der Waals surface area contributed by atoms with E-state index >= 15 is 0 Å². The second-order valence-corrected chi connectivity index (χ2v) is 12.7. The van der Waals surface area contributed by atoms with Crippen molar-refractivity contribution in [3.05, 3.63) is 22.8 Å². The van der Waals surface area contributed by atoms with E-state index in [0.29, 0.717) is 23.6 Å². The highest BCUT2D eigenvalue weighted by Crippen LogP contribution is 2.64. The Morgan fingerprint density at radius 3 is 2.56 bits per heavy atom. The molecule has 6 heteroatoms. The number of unbranched alkanes of at least 4 members (excludes halogenated alkanes) is 2. The van der Waals surface area contributed by atoms with Gasteiger partial charge in [0.05, 0.1) is 11.6 Å². The topological polar surface area (TPSA) is 78.9 Å². The minimum Gasteiger partial charge on any atom is -0.505 e. The second kappa shape index (κ2) is 8.95. The molecular formula is C30H42N4O2. The molecule has 2 unspecified atom stereocenters. The van der Waals surface area contributed by atoms with E-state index in [-0.39, 0.29) is 22.8 Å². The number of ether oxygens (including phenoxy) is 1. The highest BCUT2D eigenvalue weighted by Gasteiger charge is 2.62. The second-order valence-electron chi connectivity index (χ2n) is 12.7. The standard InChI is InChI=1S/C30H42N4O2/c1-5-6-7-11-21-25(33-34-30-15-14-19(30)17-30)27(35)24-22-16-18(2)12-13-23(22)29(3,4)36-28(24)26(21)32-31-20-9-8-10-20/h16,19-20,22-23,35H,5-15,17H2,1-4H3/t19?,22-,23-,30?/m1/s1. The number of benzene rings is 1. The first-order valence-electron chi connectivity index (χ1n) is 14.4. The van der Waals surface area contributed by atoms with Crippen LogP contribution in [0.4, 0.5) is 11.4 Å². The van der Waals surface area contributed by atoms with Gasteiger partial charge in [0.2, 0.25) is 0 Å². The lowest BCUT2D eigenvalue weighted by Gasteiger charge is -2.47. The van der Waals surface area contributed by atoms with Crippen LogP contribution in [0.3, 0.4) is 0 Å². The first-order chi connectivity index (χ1) is 17.3. The zero-order valence-corrected chi connectivity index (χ0v) is 22.5. The Morgan fingerprint density at radius 1 is 1.08 bits per heavy atom. The van der Waals surface area contributed by atoms with Crippen LogP contribution in [0.2, 0.25) is 0 Å². The minimum atomic E-state index is -0.349. The molecule has 0 bridgehead atoms. The largest absolute Gasteiger partial charge is 0.505 e. The third kappa shape index (κ3) is 3.99. The first kappa shape index (κ1) is 24.1. The minimum absolute atomic E-state index is 0.0407. The molecule has 1 heterocycles. The van der Waals surface area contributed by atoms with E-state index in [9.17, 15) is 5.11 Å². The molecule has 6 rings (SSSR count). The van der Waals surface area contributed by atoms with Crippen molar-refractivity contribution in [3.63, 3.8) is 0 Å². The van der Waals surface area contributed by atoms with Crippen molar-refractivity contribution in [3.8, 4) is 11.5 Å². The van der Waals surface area contributed by atoms with Gasteiger partial charge in [-0.25, -0.2) is 0 Å². The van der Waals surface area contributed by atoms with E-state index in [2.05, 4.69) is 33.8 Å². The summed E-state index contributed by atoms with van der Waals surface area (Å²) in [5.41, 5.74) is 4.30. The van der Waals surface area contributed by atoms with Crippen molar-refractivity contribution < 1.29 is 9.84 Å². The Morgan fingerprint density at radius 2 is 1.92 bits per heavy atom. The van der Waals surface area contributed by atoms with E-state index < -0.39 is 0 Å². The lowest BCUT2D eigenvalue weighted by Crippen LogP contribution is -2.45. The zero-order valence-electron chi connectivity index (χ0n) is 22.5. The summed E-state index contributed by atoms with van der Waals surface area (Å²) in [5.74, 6) is 2.06. The van der Waals surface area contributed by atoms with E-state index in [1.54, 1.807) is 0 Å². The number of aromatic hydroxyl groups is 1. The Labute approximate surface area is 215 Å². The molecule has 194 valence electrons. The van der Waals surface area contributed by atoms with Crippen LogP contribution in [0, 0.1) is 11.8 Å². The molecule has 5 aliphatic rings. The first-order valence-corrected chi connectivity index (χ1v) is 14.4. The number of rotatable bonds is 8. The maximum absolute atomic E-state index is 11.9. The molecule has 0 amide bonds. The fourth-order valence-corrected chi connectivity index (χ4v) is 6.86. The molecule has 0 spiro atoms. The average Bonchev–Trinajstić information content (AvgIpc) is 3.32. The fourth-order valence-electron chi connectivity index (χ4n) is 6.86. The van der Waals surface area contributed by atoms with Gasteiger partial charge in [-0.2, -0.15) is 20.5 Å². The van der Waals surface area contributed by atoms with Crippen molar-refractivity contribution in [1.29, 1.82) is 0 Å². The van der Waals surface area contributed by atoms with Gasteiger partial charge in [-0.3, -0.25) is 0 Å². The maximum atomic E-state index is 11.9. The summed E-state index contributed by atoms with van der Waals surface area (Å²) in [5, 5.41) is 31.2. The molecule has 3 fully saturated rings. The van der Waals surface area contributed by atoms with Gasteiger partial charge in [-0.05, 0) is 90.9 Å². The highest BCUT2D eigenvalue weighted by molar-refractivity contribution is 5.78. The molecule has 0 saturated heterocycles. The van der Waals surface area contributed by atoms with Crippen LogP contribution in [-0.4, -0.2) is 22.3 Å². The number of hydrogen-bond donors (Lipinski definition) is 1. The number of azo groups is 2. The summed E-state index contributed by atoms with van der Waals surface area (Å²) in [7, 11) is 0. The number of nitrogens with zero attached hydrogens (tertiary/aromatic N) is 4. The number of allylic oxidation sites excluding steroid dienone is 2. The number of phenols is 1. The molecule has 4 atom stereocenters. The van der Waals surface area contributed by atoms with Crippen molar-refractivity contribution in [2.24, 2.45) is 32.3 Å². The van der Waals surface area contributed by atoms with E-state index in [4.69, 9.17) is 25.2 Å². The molecule has 36 heavy (non-hydrogen) atoms. The van der Waals surface area contributed by atoms with Crippen LogP contribution >= 0.6 is 0 Å². The fraction of sp³-hybridized carbons (Fsp3) is 0.733. The molecule has 1 aromatic rings. The predicted molar refractivity (Wildman–Crippen MR) is 142 cm³/mol. The molecule has 1 aliphatic heterocycles. The van der Waals surface area contributed by atoms with Gasteiger partial charge in [0.1, 0.15) is 17.0 Å². The highest BCUT2D eigenvalue weighted by atomic mass is 16.5. The van der Waals surface area contributed by atoms with Crippen molar-refractivity contribution in [1.82, 2.24) is 0 Å². The van der Waals surface area contributed by atoms with Crippen molar-refractivity contribution in [2.45, 2.75) is 128 Å². The Hall–Kier alpha value is -2.24. The van der Waals surface area contributed by atoms with Crippen molar-refractivity contribution in [2.75, 3.05) is 0 Å². The van der Waals surface area contributed by atoms with Crippen LogP contribution in [0.1, 0.15) is 115 Å². The monoisotopic (exact) mass is 490 g/mol. The van der Waals surface area contributed by atoms with Gasteiger partial charge >= 0.3 is 0 Å². The summed E-state index contributed by atoms with van der Waals surface area (Å²) >= 11 is 0. The SMILES string of the molecule is CCCCCc1c(N=NC23CCC2C3)c(O)c2c(c1N=NC1CCC1)OC(C)(C)[C@@H]1CCC(C)=C[C@@H]21. The van der Waals surface area contributed by atoms with E-state index in [1.807, 2.05) is 0 Å². The van der Waals surface area contributed by atoms with E-state index in [1.165, 1.54) is 18.4 Å². The molecule has 0 radical (unpaired) electrons. The van der Waals surface area contributed by atoms with Gasteiger partial charge in [0.25, 0.3) is 0 Å². The number of phenolic OH excluding ortho intramolecular Hbond substituents is 1. The molecule has 1 N–H and O–H groups in total. The van der Waals surface area contributed by atoms with Gasteiger partial charge < -0.3 is 9.84 Å². The van der Waals surface area contributed by atoms with Crippen molar-refractivity contribution >= 4 is 11.4 Å². The Kier molecular flexibility index (Phi) is 6.00. The summed E-state index contributed by atoms with van der Waals surface area (Å²) in [6.45, 7) is 8.81. The molecule has 3 saturated carbocycles. The Balaban J connectivity index is 1.54. The summed E-state index contributed by atoms with van der Waals surface area (Å²) in [6.07, 6.45) is 15.5. The van der Waals surface area contributed by atoms with Gasteiger partial charge in [0, 0.05) is 23.0 Å². The third-order valence-electron chi connectivity index (χ3n) is 9.75. The lowest BCUT2D eigenvalue weighted by molar-refractivity contribution is 0.0113.